The number of aliphatic hydroxyl groups excluding tert-OH is 1. The summed E-state index contributed by atoms with van der Waals surface area (Å²) in [7, 11) is 0. The van der Waals surface area contributed by atoms with Crippen molar-refractivity contribution in [1.29, 1.82) is 0 Å². The Kier molecular flexibility index (Phi) is 6.60. The molecule has 174 valence electrons. The number of ether oxygens (including phenoxy) is 1. The number of rotatable bonds is 7. The Bertz CT molecular complexity index is 1210. The topological polar surface area (TPSA) is 125 Å². The van der Waals surface area contributed by atoms with Crippen LogP contribution >= 0.6 is 0 Å². The van der Waals surface area contributed by atoms with Crippen LogP contribution in [-0.4, -0.2) is 47.4 Å². The van der Waals surface area contributed by atoms with Crippen molar-refractivity contribution in [3.8, 4) is 11.1 Å². The highest BCUT2D eigenvalue weighted by molar-refractivity contribution is 6.03. The molecule has 8 heteroatoms. The predicted octanol–water partition coefficient (Wildman–Crippen LogP) is 3.53. The summed E-state index contributed by atoms with van der Waals surface area (Å²) in [6.45, 7) is 1.44. The van der Waals surface area contributed by atoms with E-state index >= 15 is 0 Å². The molecule has 0 fully saturated rings. The lowest BCUT2D eigenvalue weighted by Crippen LogP contribution is -2.36. The van der Waals surface area contributed by atoms with E-state index in [-0.39, 0.29) is 23.8 Å². The fourth-order valence-corrected chi connectivity index (χ4v) is 4.07. The second-order valence-electron chi connectivity index (χ2n) is 8.06. The first-order valence-corrected chi connectivity index (χ1v) is 10.8. The SMILES string of the molecule is Cc1ccc(NC(=O)OCC2c3ccccc3-c3ccccc32)c(C(=O)NC[C@H](O)C(=O)O)c1. The van der Waals surface area contributed by atoms with Crippen molar-refractivity contribution in [2.24, 2.45) is 0 Å². The molecule has 1 aliphatic rings. The number of amides is 2. The van der Waals surface area contributed by atoms with Gasteiger partial charge in [0.15, 0.2) is 6.10 Å². The molecule has 0 unspecified atom stereocenters. The number of carboxylic acid groups (broad SMARTS) is 1. The molecule has 0 radical (unpaired) electrons. The van der Waals surface area contributed by atoms with Gasteiger partial charge in [-0.2, -0.15) is 0 Å². The molecule has 34 heavy (non-hydrogen) atoms. The van der Waals surface area contributed by atoms with E-state index in [2.05, 4.69) is 10.6 Å². The van der Waals surface area contributed by atoms with Crippen LogP contribution in [0.25, 0.3) is 11.1 Å². The third-order valence-electron chi connectivity index (χ3n) is 5.74. The first-order chi connectivity index (χ1) is 16.3. The van der Waals surface area contributed by atoms with Crippen molar-refractivity contribution in [2.75, 3.05) is 18.5 Å². The number of aryl methyl sites for hydroxylation is 1. The van der Waals surface area contributed by atoms with Crippen molar-refractivity contribution >= 4 is 23.7 Å². The molecule has 0 bridgehead atoms. The summed E-state index contributed by atoms with van der Waals surface area (Å²) >= 11 is 0. The van der Waals surface area contributed by atoms with E-state index in [1.807, 2.05) is 48.5 Å². The van der Waals surface area contributed by atoms with Gasteiger partial charge >= 0.3 is 12.1 Å². The summed E-state index contributed by atoms with van der Waals surface area (Å²) < 4.78 is 5.54. The molecule has 0 spiro atoms. The highest BCUT2D eigenvalue weighted by Gasteiger charge is 2.29. The number of hydrogen-bond donors (Lipinski definition) is 4. The van der Waals surface area contributed by atoms with Crippen LogP contribution in [0.2, 0.25) is 0 Å². The lowest BCUT2D eigenvalue weighted by atomic mass is 9.98. The summed E-state index contributed by atoms with van der Waals surface area (Å²) in [4.78, 5) is 36.0. The number of carbonyl (C=O) groups excluding carboxylic acids is 2. The van der Waals surface area contributed by atoms with Crippen molar-refractivity contribution in [1.82, 2.24) is 5.32 Å². The Labute approximate surface area is 196 Å². The van der Waals surface area contributed by atoms with E-state index in [1.165, 1.54) is 0 Å². The van der Waals surface area contributed by atoms with Crippen LogP contribution in [0.3, 0.4) is 0 Å². The zero-order valence-corrected chi connectivity index (χ0v) is 18.4. The second-order valence-corrected chi connectivity index (χ2v) is 8.06. The summed E-state index contributed by atoms with van der Waals surface area (Å²) in [5.74, 6) is -2.17. The largest absolute Gasteiger partial charge is 0.479 e. The molecular weight excluding hydrogens is 436 g/mol. The van der Waals surface area contributed by atoms with Crippen LogP contribution in [-0.2, 0) is 9.53 Å². The summed E-state index contributed by atoms with van der Waals surface area (Å²) in [5.41, 5.74) is 5.52. The molecule has 4 rings (SSSR count). The van der Waals surface area contributed by atoms with Crippen LogP contribution in [0.15, 0.2) is 66.7 Å². The third-order valence-corrected chi connectivity index (χ3v) is 5.74. The molecule has 0 saturated carbocycles. The van der Waals surface area contributed by atoms with Crippen LogP contribution in [0.4, 0.5) is 10.5 Å². The number of carboxylic acids is 1. The first-order valence-electron chi connectivity index (χ1n) is 10.8. The number of anilines is 1. The summed E-state index contributed by atoms with van der Waals surface area (Å²) in [6, 6.07) is 20.9. The minimum absolute atomic E-state index is 0.101. The lowest BCUT2D eigenvalue weighted by Gasteiger charge is -2.16. The van der Waals surface area contributed by atoms with Gasteiger partial charge in [-0.05, 0) is 41.3 Å². The fraction of sp³-hybridized carbons (Fsp3) is 0.192. The van der Waals surface area contributed by atoms with E-state index in [4.69, 9.17) is 9.84 Å². The van der Waals surface area contributed by atoms with Crippen molar-refractivity contribution in [2.45, 2.75) is 18.9 Å². The molecule has 0 saturated heterocycles. The molecule has 3 aromatic carbocycles. The van der Waals surface area contributed by atoms with Gasteiger partial charge in [0.05, 0.1) is 17.8 Å². The van der Waals surface area contributed by atoms with Gasteiger partial charge in [-0.1, -0.05) is 60.2 Å². The number of nitrogens with one attached hydrogen (secondary N) is 2. The molecule has 0 aromatic heterocycles. The van der Waals surface area contributed by atoms with Gasteiger partial charge in [0.2, 0.25) is 0 Å². The highest BCUT2D eigenvalue weighted by atomic mass is 16.5. The molecule has 1 aliphatic carbocycles. The Morgan fingerprint density at radius 2 is 1.59 bits per heavy atom. The van der Waals surface area contributed by atoms with Gasteiger partial charge in [0, 0.05) is 5.92 Å². The van der Waals surface area contributed by atoms with Crippen LogP contribution in [0.1, 0.15) is 33.0 Å². The third kappa shape index (κ3) is 4.77. The van der Waals surface area contributed by atoms with E-state index in [9.17, 15) is 19.5 Å². The van der Waals surface area contributed by atoms with Crippen molar-refractivity contribution < 1.29 is 29.3 Å². The minimum atomic E-state index is -1.73. The van der Waals surface area contributed by atoms with Gasteiger partial charge in [-0.15, -0.1) is 0 Å². The fourth-order valence-electron chi connectivity index (χ4n) is 4.07. The average Bonchev–Trinajstić information content (AvgIpc) is 3.15. The molecular formula is C26H24N2O6. The molecule has 0 heterocycles. The van der Waals surface area contributed by atoms with Crippen LogP contribution < -0.4 is 10.6 Å². The van der Waals surface area contributed by atoms with Gasteiger partial charge < -0.3 is 20.3 Å². The quantitative estimate of drug-likeness (QED) is 0.428. The molecule has 3 aromatic rings. The summed E-state index contributed by atoms with van der Waals surface area (Å²) in [5, 5.41) is 23.1. The number of benzene rings is 3. The van der Waals surface area contributed by atoms with Crippen molar-refractivity contribution in [3.05, 3.63) is 89.0 Å². The second kappa shape index (κ2) is 9.76. The van der Waals surface area contributed by atoms with Gasteiger partial charge in [0.1, 0.15) is 6.61 Å². The zero-order chi connectivity index (χ0) is 24.2. The Morgan fingerprint density at radius 3 is 2.21 bits per heavy atom. The lowest BCUT2D eigenvalue weighted by molar-refractivity contribution is -0.146. The average molecular weight is 460 g/mol. The van der Waals surface area contributed by atoms with E-state index in [0.717, 1.165) is 27.8 Å². The predicted molar refractivity (Wildman–Crippen MR) is 126 cm³/mol. The summed E-state index contributed by atoms with van der Waals surface area (Å²) in [6.07, 6.45) is -2.45. The smallest absolute Gasteiger partial charge is 0.411 e. The van der Waals surface area contributed by atoms with E-state index < -0.39 is 30.6 Å². The number of fused-ring (bicyclic) bond motifs is 3. The van der Waals surface area contributed by atoms with Gasteiger partial charge in [-0.25, -0.2) is 9.59 Å². The zero-order valence-electron chi connectivity index (χ0n) is 18.4. The van der Waals surface area contributed by atoms with Crippen LogP contribution in [0.5, 0.6) is 0 Å². The van der Waals surface area contributed by atoms with Gasteiger partial charge in [-0.3, -0.25) is 10.1 Å². The Balaban J connectivity index is 1.45. The number of hydrogen-bond acceptors (Lipinski definition) is 5. The number of carbonyl (C=O) groups is 3. The molecule has 2 amide bonds. The van der Waals surface area contributed by atoms with Crippen molar-refractivity contribution in [3.63, 3.8) is 0 Å². The number of aliphatic carboxylic acids is 1. The molecule has 0 aliphatic heterocycles. The maximum Gasteiger partial charge on any atom is 0.411 e. The standard InChI is InChI=1S/C26H24N2O6/c1-15-10-11-22(20(12-15)24(30)27-13-23(29)25(31)32)28-26(33)34-14-21-18-8-4-2-6-16(18)17-7-3-5-9-19(17)21/h2-12,21,23,29H,13-14H2,1H3,(H,27,30)(H,28,33)(H,31,32)/t23-/m0/s1. The number of aliphatic hydroxyl groups is 1. The maximum absolute atomic E-state index is 12.6. The Hall–Kier alpha value is -4.17. The molecule has 1 atom stereocenters. The van der Waals surface area contributed by atoms with E-state index in [1.54, 1.807) is 25.1 Å². The highest BCUT2D eigenvalue weighted by Crippen LogP contribution is 2.44. The minimum Gasteiger partial charge on any atom is -0.479 e. The monoisotopic (exact) mass is 460 g/mol. The molecule has 8 nitrogen and oxygen atoms in total. The van der Waals surface area contributed by atoms with Crippen LogP contribution in [0, 0.1) is 6.92 Å². The maximum atomic E-state index is 12.6. The Morgan fingerprint density at radius 1 is 0.971 bits per heavy atom. The normalized spacial score (nSPS) is 12.9. The van der Waals surface area contributed by atoms with E-state index in [0.29, 0.717) is 0 Å². The first kappa shape index (κ1) is 23.0. The molecule has 4 N–H and O–H groups in total. The van der Waals surface area contributed by atoms with Gasteiger partial charge in [0.25, 0.3) is 5.91 Å².